The van der Waals surface area contributed by atoms with Gasteiger partial charge in [0, 0.05) is 16.7 Å². The second-order valence-electron chi connectivity index (χ2n) is 5.31. The first-order chi connectivity index (χ1) is 11.9. The summed E-state index contributed by atoms with van der Waals surface area (Å²) in [5.41, 5.74) is 0.0774. The number of aromatic carboxylic acids is 1. The van der Waals surface area contributed by atoms with Gasteiger partial charge in [0.25, 0.3) is 0 Å². The SMILES string of the molecule is O=C(O)c1ccc2c(c1)C(=O)c1ccc(-c3nnn[nH]3)cc1S2(=O)=O. The van der Waals surface area contributed by atoms with Crippen molar-refractivity contribution >= 4 is 21.6 Å². The Balaban J connectivity index is 1.97. The highest BCUT2D eigenvalue weighted by molar-refractivity contribution is 7.91. The van der Waals surface area contributed by atoms with Crippen molar-refractivity contribution in [1.82, 2.24) is 20.6 Å². The minimum Gasteiger partial charge on any atom is -0.478 e. The van der Waals surface area contributed by atoms with Crippen molar-refractivity contribution in [3.63, 3.8) is 0 Å². The first kappa shape index (κ1) is 15.1. The molecule has 4 rings (SSSR count). The number of nitrogens with zero attached hydrogens (tertiary/aromatic N) is 3. The van der Waals surface area contributed by atoms with Crippen molar-refractivity contribution in [2.45, 2.75) is 9.79 Å². The van der Waals surface area contributed by atoms with Gasteiger partial charge in [0.15, 0.2) is 11.6 Å². The maximum Gasteiger partial charge on any atom is 0.335 e. The van der Waals surface area contributed by atoms with Crippen molar-refractivity contribution in [2.75, 3.05) is 0 Å². The second kappa shape index (κ2) is 5.05. The maximum atomic E-state index is 12.9. The summed E-state index contributed by atoms with van der Waals surface area (Å²) in [4.78, 5) is 23.4. The van der Waals surface area contributed by atoms with Crippen LogP contribution in [-0.4, -0.2) is 45.9 Å². The molecule has 0 atom stereocenters. The van der Waals surface area contributed by atoms with E-state index in [-0.39, 0.29) is 32.3 Å². The molecule has 1 aliphatic heterocycles. The number of carboxylic acids is 1. The Hall–Kier alpha value is -3.40. The molecule has 0 radical (unpaired) electrons. The van der Waals surface area contributed by atoms with Crippen LogP contribution in [0.15, 0.2) is 46.2 Å². The Morgan fingerprint density at radius 3 is 2.52 bits per heavy atom. The fraction of sp³-hybridized carbons (Fsp3) is 0. The highest BCUT2D eigenvalue weighted by atomic mass is 32.2. The summed E-state index contributed by atoms with van der Waals surface area (Å²) >= 11 is 0. The van der Waals surface area contributed by atoms with Gasteiger partial charge in [-0.15, -0.1) is 5.10 Å². The lowest BCUT2D eigenvalue weighted by Crippen LogP contribution is -2.21. The second-order valence-corrected chi connectivity index (χ2v) is 7.20. The highest BCUT2D eigenvalue weighted by Crippen LogP contribution is 2.36. The lowest BCUT2D eigenvalue weighted by molar-refractivity contribution is 0.0696. The van der Waals surface area contributed by atoms with E-state index in [1.165, 1.54) is 18.2 Å². The van der Waals surface area contributed by atoms with E-state index in [0.29, 0.717) is 5.56 Å². The van der Waals surface area contributed by atoms with Crippen LogP contribution in [0.2, 0.25) is 0 Å². The number of rotatable bonds is 2. The summed E-state index contributed by atoms with van der Waals surface area (Å²) in [5, 5.41) is 22.2. The van der Waals surface area contributed by atoms with Crippen LogP contribution in [0.3, 0.4) is 0 Å². The smallest absolute Gasteiger partial charge is 0.335 e. The summed E-state index contributed by atoms with van der Waals surface area (Å²) in [5.74, 6) is -1.53. The fourth-order valence-corrected chi connectivity index (χ4v) is 4.36. The molecule has 0 fully saturated rings. The minimum atomic E-state index is -3.99. The molecule has 0 aliphatic carbocycles. The Labute approximate surface area is 140 Å². The third-order valence-electron chi connectivity index (χ3n) is 3.90. The van der Waals surface area contributed by atoms with Crippen LogP contribution >= 0.6 is 0 Å². The van der Waals surface area contributed by atoms with Crippen molar-refractivity contribution in [3.05, 3.63) is 53.1 Å². The molecule has 0 saturated carbocycles. The Kier molecular flexibility index (Phi) is 3.06. The zero-order chi connectivity index (χ0) is 17.8. The quantitative estimate of drug-likeness (QED) is 0.540. The zero-order valence-corrected chi connectivity index (χ0v) is 13.1. The number of fused-ring (bicyclic) bond motifs is 2. The van der Waals surface area contributed by atoms with Crippen LogP contribution in [0.25, 0.3) is 11.4 Å². The molecule has 1 aromatic heterocycles. The number of carbonyl (C=O) groups excluding carboxylic acids is 1. The molecule has 2 N–H and O–H groups in total. The van der Waals surface area contributed by atoms with Crippen LogP contribution in [0.4, 0.5) is 0 Å². The number of nitrogens with one attached hydrogen (secondary N) is 1. The van der Waals surface area contributed by atoms with Crippen LogP contribution in [0.1, 0.15) is 26.3 Å². The number of hydrogen-bond acceptors (Lipinski definition) is 7. The van der Waals surface area contributed by atoms with Crippen LogP contribution in [-0.2, 0) is 9.84 Å². The molecule has 10 heteroatoms. The molecule has 0 saturated heterocycles. The third-order valence-corrected chi connectivity index (χ3v) is 5.75. The Morgan fingerprint density at radius 1 is 1.04 bits per heavy atom. The first-order valence-corrected chi connectivity index (χ1v) is 8.43. The average Bonchev–Trinajstić information content (AvgIpc) is 3.13. The van der Waals surface area contributed by atoms with E-state index in [4.69, 9.17) is 5.11 Å². The molecular weight excluding hydrogens is 348 g/mol. The van der Waals surface area contributed by atoms with E-state index in [9.17, 15) is 18.0 Å². The number of sulfone groups is 1. The van der Waals surface area contributed by atoms with Crippen LogP contribution < -0.4 is 0 Å². The lowest BCUT2D eigenvalue weighted by Gasteiger charge is -2.19. The molecule has 3 aromatic rings. The molecule has 0 amide bonds. The number of aromatic nitrogens is 4. The molecule has 9 nitrogen and oxygen atoms in total. The Bertz CT molecular complexity index is 1150. The van der Waals surface area contributed by atoms with E-state index in [1.54, 1.807) is 0 Å². The van der Waals surface area contributed by atoms with E-state index in [1.807, 2.05) is 0 Å². The monoisotopic (exact) mass is 356 g/mol. The lowest BCUT2D eigenvalue weighted by atomic mass is 9.99. The summed E-state index contributed by atoms with van der Waals surface area (Å²) in [6.45, 7) is 0. The standard InChI is InChI=1S/C15H8N4O5S/c20-13-9-3-1-7(14-16-18-19-17-14)6-12(9)25(23,24)11-4-2-8(15(21)22)5-10(11)13/h1-6H,(H,21,22)(H,16,17,18,19). The van der Waals surface area contributed by atoms with Gasteiger partial charge in [-0.1, -0.05) is 6.07 Å². The number of H-pyrrole nitrogens is 1. The summed E-state index contributed by atoms with van der Waals surface area (Å²) in [6, 6.07) is 7.57. The van der Waals surface area contributed by atoms with Crippen LogP contribution in [0, 0.1) is 0 Å². The van der Waals surface area contributed by atoms with E-state index < -0.39 is 21.6 Å². The number of hydrogen-bond donors (Lipinski definition) is 2. The van der Waals surface area contributed by atoms with E-state index in [0.717, 1.165) is 18.2 Å². The highest BCUT2D eigenvalue weighted by Gasteiger charge is 2.35. The topological polar surface area (TPSA) is 143 Å². The van der Waals surface area contributed by atoms with Crippen molar-refractivity contribution < 1.29 is 23.1 Å². The summed E-state index contributed by atoms with van der Waals surface area (Å²) < 4.78 is 25.8. The normalized spacial score (nSPS) is 14.6. The summed E-state index contributed by atoms with van der Waals surface area (Å²) in [7, 11) is -3.99. The molecule has 25 heavy (non-hydrogen) atoms. The first-order valence-electron chi connectivity index (χ1n) is 6.95. The van der Waals surface area contributed by atoms with Gasteiger partial charge in [0.05, 0.1) is 15.4 Å². The fourth-order valence-electron chi connectivity index (χ4n) is 2.70. The van der Waals surface area contributed by atoms with Crippen molar-refractivity contribution in [3.8, 4) is 11.4 Å². The third kappa shape index (κ3) is 2.15. The predicted octanol–water partition coefficient (Wildman–Crippen LogP) is 0.942. The number of carboxylic acid groups (broad SMARTS) is 1. The van der Waals surface area contributed by atoms with Gasteiger partial charge < -0.3 is 5.11 Å². The molecule has 124 valence electrons. The molecule has 2 aromatic carbocycles. The predicted molar refractivity (Wildman–Crippen MR) is 81.9 cm³/mol. The molecule has 0 spiro atoms. The van der Waals surface area contributed by atoms with E-state index in [2.05, 4.69) is 20.6 Å². The molecule has 0 bridgehead atoms. The minimum absolute atomic E-state index is 0.0220. The number of benzene rings is 2. The Morgan fingerprint density at radius 2 is 1.84 bits per heavy atom. The van der Waals surface area contributed by atoms with Crippen molar-refractivity contribution in [2.24, 2.45) is 0 Å². The van der Waals surface area contributed by atoms with Gasteiger partial charge in [-0.2, -0.15) is 0 Å². The van der Waals surface area contributed by atoms with Gasteiger partial charge >= 0.3 is 5.97 Å². The molecule has 1 aliphatic rings. The molecular formula is C15H8N4O5S. The van der Waals surface area contributed by atoms with Crippen LogP contribution in [0.5, 0.6) is 0 Å². The molecule has 0 unspecified atom stereocenters. The average molecular weight is 356 g/mol. The van der Waals surface area contributed by atoms with Crippen molar-refractivity contribution in [1.29, 1.82) is 0 Å². The van der Waals surface area contributed by atoms with Gasteiger partial charge in [0.1, 0.15) is 0 Å². The number of carbonyl (C=O) groups is 2. The van der Waals surface area contributed by atoms with Gasteiger partial charge in [-0.25, -0.2) is 18.3 Å². The number of ketones is 1. The van der Waals surface area contributed by atoms with E-state index >= 15 is 0 Å². The number of tetrazole rings is 1. The van der Waals surface area contributed by atoms with Gasteiger partial charge in [-0.3, -0.25) is 4.79 Å². The molecule has 2 heterocycles. The van der Waals surface area contributed by atoms with Gasteiger partial charge in [0.2, 0.25) is 9.84 Å². The largest absolute Gasteiger partial charge is 0.478 e. The number of aromatic amines is 1. The summed E-state index contributed by atoms with van der Waals surface area (Å²) in [6.07, 6.45) is 0. The zero-order valence-electron chi connectivity index (χ0n) is 12.3. The van der Waals surface area contributed by atoms with Gasteiger partial charge in [-0.05, 0) is 40.8 Å². The maximum absolute atomic E-state index is 12.9.